The largest absolute Gasteiger partial charge is 0.444 e. The molecule has 0 radical (unpaired) electrons. The fourth-order valence-corrected chi connectivity index (χ4v) is 1.94. The van der Waals surface area contributed by atoms with Crippen molar-refractivity contribution in [2.75, 3.05) is 6.54 Å². The number of alkyl carbamates (subject to hydrolysis) is 1. The summed E-state index contributed by atoms with van der Waals surface area (Å²) in [7, 11) is 0. The standard InChI is InChI=1S/C18H23N3O2/c1-18(2,3)23-17(22)19-12-8-7-9-15-13-20-21(14-15)16-10-5-4-6-11-16/h4-7,9-11,13-14H,8,12H2,1-3H3,(H,19,22). The highest BCUT2D eigenvalue weighted by Crippen LogP contribution is 2.09. The maximum Gasteiger partial charge on any atom is 0.407 e. The van der Waals surface area contributed by atoms with Gasteiger partial charge in [0.15, 0.2) is 0 Å². The van der Waals surface area contributed by atoms with E-state index in [0.717, 1.165) is 17.7 Å². The molecule has 1 amide bonds. The fraction of sp³-hybridized carbons (Fsp3) is 0.333. The minimum atomic E-state index is -0.466. The van der Waals surface area contributed by atoms with Gasteiger partial charge >= 0.3 is 6.09 Å². The van der Waals surface area contributed by atoms with Crippen LogP contribution in [0.25, 0.3) is 11.8 Å². The number of amides is 1. The summed E-state index contributed by atoms with van der Waals surface area (Å²) in [5.41, 5.74) is 1.58. The highest BCUT2D eigenvalue weighted by Gasteiger charge is 2.15. The zero-order chi connectivity index (χ0) is 16.7. The number of carbonyl (C=O) groups is 1. The summed E-state index contributed by atoms with van der Waals surface area (Å²) in [4.78, 5) is 11.5. The van der Waals surface area contributed by atoms with E-state index in [4.69, 9.17) is 4.74 Å². The van der Waals surface area contributed by atoms with E-state index < -0.39 is 5.60 Å². The molecule has 1 heterocycles. The molecular formula is C18H23N3O2. The van der Waals surface area contributed by atoms with Crippen molar-refractivity contribution in [1.29, 1.82) is 0 Å². The van der Waals surface area contributed by atoms with E-state index in [1.165, 1.54) is 0 Å². The zero-order valence-electron chi connectivity index (χ0n) is 13.8. The van der Waals surface area contributed by atoms with Crippen LogP contribution < -0.4 is 5.32 Å². The topological polar surface area (TPSA) is 56.1 Å². The lowest BCUT2D eigenvalue weighted by Gasteiger charge is -2.19. The van der Waals surface area contributed by atoms with E-state index in [2.05, 4.69) is 10.4 Å². The van der Waals surface area contributed by atoms with Crippen LogP contribution in [0.4, 0.5) is 4.79 Å². The molecule has 0 unspecified atom stereocenters. The predicted octanol–water partition coefficient (Wildman–Crippen LogP) is 3.80. The predicted molar refractivity (Wildman–Crippen MR) is 91.5 cm³/mol. The second-order valence-corrected chi connectivity index (χ2v) is 6.17. The van der Waals surface area contributed by atoms with E-state index in [1.807, 2.05) is 80.3 Å². The Labute approximate surface area is 137 Å². The Morgan fingerprint density at radius 3 is 2.74 bits per heavy atom. The number of benzene rings is 1. The molecule has 0 saturated heterocycles. The van der Waals surface area contributed by atoms with Gasteiger partial charge in [-0.2, -0.15) is 5.10 Å². The van der Waals surface area contributed by atoms with Crippen LogP contribution in [0.2, 0.25) is 0 Å². The molecule has 1 aromatic carbocycles. The average Bonchev–Trinajstić information content (AvgIpc) is 2.95. The van der Waals surface area contributed by atoms with Gasteiger partial charge in [0.25, 0.3) is 0 Å². The van der Waals surface area contributed by atoms with E-state index in [9.17, 15) is 4.79 Å². The van der Waals surface area contributed by atoms with Crippen molar-refractivity contribution in [1.82, 2.24) is 15.1 Å². The number of nitrogens with one attached hydrogen (secondary N) is 1. The molecule has 0 atom stereocenters. The van der Waals surface area contributed by atoms with Gasteiger partial charge in [-0.25, -0.2) is 9.48 Å². The molecule has 1 N–H and O–H groups in total. The molecule has 1 aromatic heterocycles. The molecule has 0 aliphatic heterocycles. The summed E-state index contributed by atoms with van der Waals surface area (Å²) in [6.45, 7) is 6.07. The number of hydrogen-bond donors (Lipinski definition) is 1. The van der Waals surface area contributed by atoms with Gasteiger partial charge in [0, 0.05) is 18.3 Å². The lowest BCUT2D eigenvalue weighted by Crippen LogP contribution is -2.32. The molecule has 0 saturated carbocycles. The summed E-state index contributed by atoms with van der Waals surface area (Å²) in [5, 5.41) is 7.05. The van der Waals surface area contributed by atoms with Gasteiger partial charge in [-0.05, 0) is 39.3 Å². The lowest BCUT2D eigenvalue weighted by molar-refractivity contribution is 0.0529. The van der Waals surface area contributed by atoms with Crippen LogP contribution >= 0.6 is 0 Å². The number of ether oxygens (including phenoxy) is 1. The first kappa shape index (κ1) is 16.8. The Morgan fingerprint density at radius 1 is 1.30 bits per heavy atom. The lowest BCUT2D eigenvalue weighted by atomic mass is 10.2. The number of rotatable bonds is 5. The third-order valence-electron chi connectivity index (χ3n) is 2.91. The first-order valence-electron chi connectivity index (χ1n) is 7.67. The molecule has 0 bridgehead atoms. The maximum atomic E-state index is 11.5. The van der Waals surface area contributed by atoms with Crippen LogP contribution in [0.1, 0.15) is 32.8 Å². The van der Waals surface area contributed by atoms with Crippen molar-refractivity contribution >= 4 is 12.2 Å². The molecule has 5 nitrogen and oxygen atoms in total. The minimum Gasteiger partial charge on any atom is -0.444 e. The highest BCUT2D eigenvalue weighted by atomic mass is 16.6. The van der Waals surface area contributed by atoms with Crippen molar-refractivity contribution in [2.24, 2.45) is 0 Å². The molecule has 0 spiro atoms. The summed E-state index contributed by atoms with van der Waals surface area (Å²) in [6.07, 6.45) is 8.11. The Balaban J connectivity index is 1.77. The summed E-state index contributed by atoms with van der Waals surface area (Å²) in [6, 6.07) is 9.95. The van der Waals surface area contributed by atoms with Crippen molar-refractivity contribution in [3.8, 4) is 5.69 Å². The Morgan fingerprint density at radius 2 is 2.04 bits per heavy atom. The van der Waals surface area contributed by atoms with Crippen molar-refractivity contribution in [3.05, 3.63) is 54.4 Å². The third kappa shape index (κ3) is 5.98. The number of hydrogen-bond acceptors (Lipinski definition) is 3. The van der Waals surface area contributed by atoms with Gasteiger partial charge in [0.05, 0.1) is 11.9 Å². The minimum absolute atomic E-state index is 0.386. The quantitative estimate of drug-likeness (QED) is 0.854. The first-order chi connectivity index (χ1) is 10.9. The Kier molecular flexibility index (Phi) is 5.57. The average molecular weight is 313 g/mol. The zero-order valence-corrected chi connectivity index (χ0v) is 13.8. The number of nitrogens with zero attached hydrogens (tertiary/aromatic N) is 2. The van der Waals surface area contributed by atoms with Crippen molar-refractivity contribution < 1.29 is 9.53 Å². The van der Waals surface area contributed by atoms with Gasteiger partial charge in [-0.3, -0.25) is 0 Å². The van der Waals surface area contributed by atoms with Gasteiger partial charge < -0.3 is 10.1 Å². The first-order valence-corrected chi connectivity index (χ1v) is 7.67. The second-order valence-electron chi connectivity index (χ2n) is 6.17. The molecular weight excluding hydrogens is 290 g/mol. The van der Waals surface area contributed by atoms with Gasteiger partial charge in [0.2, 0.25) is 0 Å². The van der Waals surface area contributed by atoms with Crippen molar-refractivity contribution in [2.45, 2.75) is 32.8 Å². The molecule has 122 valence electrons. The van der Waals surface area contributed by atoms with Gasteiger partial charge in [0.1, 0.15) is 5.60 Å². The molecule has 0 aliphatic carbocycles. The second kappa shape index (κ2) is 7.63. The summed E-state index contributed by atoms with van der Waals surface area (Å²) >= 11 is 0. The van der Waals surface area contributed by atoms with Crippen LogP contribution in [-0.4, -0.2) is 28.0 Å². The molecule has 0 fully saturated rings. The van der Waals surface area contributed by atoms with E-state index in [1.54, 1.807) is 0 Å². The summed E-state index contributed by atoms with van der Waals surface area (Å²) in [5.74, 6) is 0. The number of carbonyl (C=O) groups excluding carboxylic acids is 1. The molecule has 2 aromatic rings. The SMILES string of the molecule is CC(C)(C)OC(=O)NCCC=Cc1cnn(-c2ccccc2)c1. The summed E-state index contributed by atoms with van der Waals surface area (Å²) < 4.78 is 7.00. The maximum absolute atomic E-state index is 11.5. The van der Waals surface area contributed by atoms with Crippen LogP contribution in [0, 0.1) is 0 Å². The van der Waals surface area contributed by atoms with E-state index in [-0.39, 0.29) is 6.09 Å². The molecule has 23 heavy (non-hydrogen) atoms. The normalized spacial score (nSPS) is 11.6. The fourth-order valence-electron chi connectivity index (χ4n) is 1.94. The number of para-hydroxylation sites is 1. The molecule has 0 aliphatic rings. The van der Waals surface area contributed by atoms with Crippen LogP contribution in [0.5, 0.6) is 0 Å². The van der Waals surface area contributed by atoms with Gasteiger partial charge in [-0.15, -0.1) is 0 Å². The van der Waals surface area contributed by atoms with Crippen LogP contribution in [-0.2, 0) is 4.74 Å². The number of aromatic nitrogens is 2. The Bertz CT molecular complexity index is 654. The Hall–Kier alpha value is -2.56. The van der Waals surface area contributed by atoms with Crippen molar-refractivity contribution in [3.63, 3.8) is 0 Å². The molecule has 5 heteroatoms. The monoisotopic (exact) mass is 313 g/mol. The smallest absolute Gasteiger partial charge is 0.407 e. The molecule has 2 rings (SSSR count). The van der Waals surface area contributed by atoms with E-state index in [0.29, 0.717) is 6.54 Å². The van der Waals surface area contributed by atoms with E-state index >= 15 is 0 Å². The highest BCUT2D eigenvalue weighted by molar-refractivity contribution is 5.67. The van der Waals surface area contributed by atoms with Crippen LogP contribution in [0.15, 0.2) is 48.8 Å². The third-order valence-corrected chi connectivity index (χ3v) is 2.91. The van der Waals surface area contributed by atoms with Gasteiger partial charge in [-0.1, -0.05) is 30.4 Å². The van der Waals surface area contributed by atoms with Crippen LogP contribution in [0.3, 0.4) is 0 Å².